The van der Waals surface area contributed by atoms with Crippen molar-refractivity contribution in [2.24, 2.45) is 0 Å². The van der Waals surface area contributed by atoms with Crippen LogP contribution >= 0.6 is 0 Å². The molecule has 0 unspecified atom stereocenters. The molecule has 1 aliphatic rings. The monoisotopic (exact) mass is 654 g/mol. The van der Waals surface area contributed by atoms with Crippen LogP contribution in [0.25, 0.3) is 89.6 Å². The molecule has 6 nitrogen and oxygen atoms in total. The highest BCUT2D eigenvalue weighted by molar-refractivity contribution is 6.10. The smallest absolute Gasteiger partial charge is 0.240 e. The fourth-order valence-corrected chi connectivity index (χ4v) is 8.25. The quantitative estimate of drug-likeness (QED) is 0.190. The lowest BCUT2D eigenvalue weighted by Crippen LogP contribution is -2.12. The van der Waals surface area contributed by atoms with Crippen LogP contribution in [0.4, 0.5) is 0 Å². The molecule has 11 rings (SSSR count). The lowest BCUT2D eigenvalue weighted by Gasteiger charge is -2.16. The summed E-state index contributed by atoms with van der Waals surface area (Å²) in [4.78, 5) is 16.1. The van der Waals surface area contributed by atoms with Gasteiger partial charge in [0, 0.05) is 32.5 Å². The van der Waals surface area contributed by atoms with Gasteiger partial charge in [0.15, 0.2) is 5.82 Å². The molecule has 0 aliphatic heterocycles. The molecule has 10 aromatic rings. The minimum Gasteiger partial charge on any atom is -0.309 e. The first-order valence-electron chi connectivity index (χ1n) is 17.5. The van der Waals surface area contributed by atoms with Crippen LogP contribution in [0.15, 0.2) is 152 Å². The Bertz CT molecular complexity index is 2940. The summed E-state index contributed by atoms with van der Waals surface area (Å²) < 4.78 is 6.77. The van der Waals surface area contributed by atoms with Gasteiger partial charge in [-0.1, -0.05) is 109 Å². The Hall–Kier alpha value is -6.79. The molecule has 0 fully saturated rings. The molecule has 0 atom stereocenters. The maximum absolute atomic E-state index is 5.39. The molecular weight excluding hydrogens is 625 g/mol. The summed E-state index contributed by atoms with van der Waals surface area (Å²) in [5.74, 6) is 1.79. The van der Waals surface area contributed by atoms with Crippen molar-refractivity contribution in [2.75, 3.05) is 0 Å². The molecule has 1 aliphatic carbocycles. The molecule has 4 aromatic heterocycles. The standard InChI is InChI=1S/C45H30N6/c1-8-22-36-29(15-1)30-16-2-9-23-37(30)49(36)42-28-14-7-21-35(42)43-46-44(50-38-24-10-3-17-31(38)32-18-4-11-25-39(32)50)48-45(47-43)51-40-26-12-5-19-33(40)34-20-6-13-27-41(34)51/h1-5,7-19,21-28H,6,20H2. The average Bonchev–Trinajstić information content (AvgIpc) is 3.84. The van der Waals surface area contributed by atoms with Gasteiger partial charge in [-0.2, -0.15) is 15.0 Å². The number of fused-ring (bicyclic) bond motifs is 9. The summed E-state index contributed by atoms with van der Waals surface area (Å²) in [6, 6.07) is 51.3. The predicted molar refractivity (Wildman–Crippen MR) is 208 cm³/mol. The number of rotatable bonds is 4. The van der Waals surface area contributed by atoms with Gasteiger partial charge in [0.2, 0.25) is 11.9 Å². The van der Waals surface area contributed by atoms with Gasteiger partial charge >= 0.3 is 0 Å². The molecule has 240 valence electrons. The van der Waals surface area contributed by atoms with Gasteiger partial charge in [-0.05, 0) is 66.9 Å². The molecule has 6 aromatic carbocycles. The van der Waals surface area contributed by atoms with E-state index >= 15 is 0 Å². The van der Waals surface area contributed by atoms with Crippen LogP contribution in [0.1, 0.15) is 17.7 Å². The van der Waals surface area contributed by atoms with E-state index in [0.717, 1.165) is 68.1 Å². The van der Waals surface area contributed by atoms with Gasteiger partial charge in [-0.15, -0.1) is 0 Å². The van der Waals surface area contributed by atoms with Gasteiger partial charge < -0.3 is 4.57 Å². The second-order valence-corrected chi connectivity index (χ2v) is 13.2. The zero-order valence-corrected chi connectivity index (χ0v) is 27.6. The Balaban J connectivity index is 1.26. The van der Waals surface area contributed by atoms with Crippen molar-refractivity contribution in [3.63, 3.8) is 0 Å². The van der Waals surface area contributed by atoms with Crippen molar-refractivity contribution < 1.29 is 0 Å². The predicted octanol–water partition coefficient (Wildman–Crippen LogP) is 10.6. The third-order valence-electron chi connectivity index (χ3n) is 10.4. The van der Waals surface area contributed by atoms with Crippen molar-refractivity contribution in [1.29, 1.82) is 0 Å². The SMILES string of the molecule is C1=Cc2c(c3ccccc3n2-c2nc(-c3ccccc3-n3c4ccccc4c4ccccc43)nc(-n3c4ccccc4c4ccccc43)n2)CC1. The number of benzene rings is 6. The molecule has 0 N–H and O–H groups in total. The number of nitrogens with zero attached hydrogens (tertiary/aromatic N) is 6. The number of para-hydroxylation sites is 6. The van der Waals surface area contributed by atoms with Crippen LogP contribution in [-0.4, -0.2) is 28.7 Å². The number of aryl methyl sites for hydroxylation is 1. The Morgan fingerprint density at radius 1 is 0.412 bits per heavy atom. The number of hydrogen-bond donors (Lipinski definition) is 0. The Kier molecular flexibility index (Phi) is 5.98. The zero-order valence-electron chi connectivity index (χ0n) is 27.6. The fourth-order valence-electron chi connectivity index (χ4n) is 8.25. The first-order valence-corrected chi connectivity index (χ1v) is 17.5. The second kappa shape index (κ2) is 10.9. The topological polar surface area (TPSA) is 53.5 Å². The normalized spacial score (nSPS) is 12.9. The van der Waals surface area contributed by atoms with Crippen molar-refractivity contribution in [3.8, 4) is 29.0 Å². The molecular formula is C45H30N6. The zero-order chi connectivity index (χ0) is 33.5. The summed E-state index contributed by atoms with van der Waals surface area (Å²) >= 11 is 0. The minimum absolute atomic E-state index is 0.579. The lowest BCUT2D eigenvalue weighted by atomic mass is 10.0. The Morgan fingerprint density at radius 2 is 0.863 bits per heavy atom. The van der Waals surface area contributed by atoms with Crippen LogP contribution in [0, 0.1) is 0 Å². The van der Waals surface area contributed by atoms with E-state index in [1.165, 1.54) is 21.7 Å². The minimum atomic E-state index is 0.579. The van der Waals surface area contributed by atoms with E-state index in [0.29, 0.717) is 17.7 Å². The Labute approximate surface area is 293 Å². The van der Waals surface area contributed by atoms with E-state index in [4.69, 9.17) is 15.0 Å². The molecule has 0 saturated carbocycles. The summed E-state index contributed by atoms with van der Waals surface area (Å²) in [6.45, 7) is 0. The van der Waals surface area contributed by atoms with E-state index in [2.05, 4.69) is 171 Å². The summed E-state index contributed by atoms with van der Waals surface area (Å²) in [6.07, 6.45) is 6.48. The number of hydrogen-bond acceptors (Lipinski definition) is 3. The van der Waals surface area contributed by atoms with E-state index in [-0.39, 0.29) is 0 Å². The molecule has 0 spiro atoms. The second-order valence-electron chi connectivity index (χ2n) is 13.2. The molecule has 0 amide bonds. The average molecular weight is 655 g/mol. The third-order valence-corrected chi connectivity index (χ3v) is 10.4. The van der Waals surface area contributed by atoms with Crippen LogP contribution in [0.3, 0.4) is 0 Å². The van der Waals surface area contributed by atoms with Crippen molar-refractivity contribution in [3.05, 3.63) is 163 Å². The first kappa shape index (κ1) is 28.1. The molecule has 4 heterocycles. The fraction of sp³-hybridized carbons (Fsp3) is 0.0444. The number of aromatic nitrogens is 6. The third kappa shape index (κ3) is 4.07. The largest absolute Gasteiger partial charge is 0.309 e. The molecule has 0 saturated heterocycles. The van der Waals surface area contributed by atoms with Gasteiger partial charge in [0.25, 0.3) is 0 Å². The molecule has 0 bridgehead atoms. The lowest BCUT2D eigenvalue weighted by molar-refractivity contribution is 0.866. The van der Waals surface area contributed by atoms with Crippen molar-refractivity contribution in [2.45, 2.75) is 12.8 Å². The van der Waals surface area contributed by atoms with E-state index in [1.807, 2.05) is 0 Å². The van der Waals surface area contributed by atoms with Gasteiger partial charge in [-0.3, -0.25) is 9.13 Å². The summed E-state index contributed by atoms with van der Waals surface area (Å²) in [5.41, 5.74) is 9.87. The van der Waals surface area contributed by atoms with E-state index < -0.39 is 0 Å². The summed E-state index contributed by atoms with van der Waals surface area (Å²) in [5, 5.41) is 5.98. The van der Waals surface area contributed by atoms with Crippen LogP contribution < -0.4 is 0 Å². The van der Waals surface area contributed by atoms with Crippen LogP contribution in [0.5, 0.6) is 0 Å². The van der Waals surface area contributed by atoms with Gasteiger partial charge in [0.05, 0.1) is 39.0 Å². The molecule has 51 heavy (non-hydrogen) atoms. The van der Waals surface area contributed by atoms with E-state index in [9.17, 15) is 0 Å². The van der Waals surface area contributed by atoms with Crippen LogP contribution in [-0.2, 0) is 6.42 Å². The Morgan fingerprint density at radius 3 is 1.45 bits per heavy atom. The van der Waals surface area contributed by atoms with Gasteiger partial charge in [0.1, 0.15) is 0 Å². The number of allylic oxidation sites excluding steroid dienone is 1. The summed E-state index contributed by atoms with van der Waals surface area (Å²) in [7, 11) is 0. The maximum Gasteiger partial charge on any atom is 0.240 e. The first-order chi connectivity index (χ1) is 25.3. The van der Waals surface area contributed by atoms with E-state index in [1.54, 1.807) is 0 Å². The highest BCUT2D eigenvalue weighted by Gasteiger charge is 2.24. The van der Waals surface area contributed by atoms with Gasteiger partial charge in [-0.25, -0.2) is 0 Å². The maximum atomic E-state index is 5.39. The highest BCUT2D eigenvalue weighted by Crippen LogP contribution is 2.38. The molecule has 0 radical (unpaired) electrons. The molecule has 6 heteroatoms. The van der Waals surface area contributed by atoms with Crippen molar-refractivity contribution in [1.82, 2.24) is 28.7 Å². The van der Waals surface area contributed by atoms with Crippen LogP contribution in [0.2, 0.25) is 0 Å². The highest BCUT2D eigenvalue weighted by atomic mass is 15.3. The van der Waals surface area contributed by atoms with Crippen molar-refractivity contribution >= 4 is 60.6 Å².